The van der Waals surface area contributed by atoms with Crippen LogP contribution >= 0.6 is 0 Å². The summed E-state index contributed by atoms with van der Waals surface area (Å²) in [5.74, 6) is 0.524. The van der Waals surface area contributed by atoms with Gasteiger partial charge in [0.1, 0.15) is 12.4 Å². The first-order valence-corrected chi connectivity index (χ1v) is 10.2. The van der Waals surface area contributed by atoms with Crippen molar-refractivity contribution in [2.45, 2.75) is 13.2 Å². The largest absolute Gasteiger partial charge is 0.489 e. The molecular weight excluding hydrogens is 376 g/mol. The van der Waals surface area contributed by atoms with E-state index in [2.05, 4.69) is 16.3 Å². The van der Waals surface area contributed by atoms with Gasteiger partial charge in [-0.3, -0.25) is 9.69 Å². The summed E-state index contributed by atoms with van der Waals surface area (Å²) in [5, 5.41) is 3.00. The molecule has 0 aliphatic carbocycles. The first-order chi connectivity index (χ1) is 14.8. The molecule has 1 saturated heterocycles. The van der Waals surface area contributed by atoms with Gasteiger partial charge in [-0.15, -0.1) is 0 Å². The molecule has 1 heterocycles. The zero-order valence-electron chi connectivity index (χ0n) is 16.9. The van der Waals surface area contributed by atoms with Crippen LogP contribution in [0.4, 0.5) is 5.69 Å². The van der Waals surface area contributed by atoms with Crippen LogP contribution in [0.25, 0.3) is 0 Å². The SMILES string of the molecule is O=C(Nc1cccc(CN2CCOCC2)c1)c1cccc(OCc2ccccc2)c1. The Morgan fingerprint density at radius 1 is 0.900 bits per heavy atom. The fourth-order valence-corrected chi connectivity index (χ4v) is 3.44. The van der Waals surface area contributed by atoms with Gasteiger partial charge in [-0.05, 0) is 41.5 Å². The Labute approximate surface area is 177 Å². The summed E-state index contributed by atoms with van der Waals surface area (Å²) in [6.07, 6.45) is 0. The number of ether oxygens (including phenoxy) is 2. The summed E-state index contributed by atoms with van der Waals surface area (Å²) in [5.41, 5.74) is 3.62. The van der Waals surface area contributed by atoms with Crippen LogP contribution in [-0.4, -0.2) is 37.1 Å². The fourth-order valence-electron chi connectivity index (χ4n) is 3.44. The molecule has 0 spiro atoms. The Morgan fingerprint density at radius 2 is 1.67 bits per heavy atom. The summed E-state index contributed by atoms with van der Waals surface area (Å²) >= 11 is 0. The van der Waals surface area contributed by atoms with Crippen molar-refractivity contribution < 1.29 is 14.3 Å². The first-order valence-electron chi connectivity index (χ1n) is 10.2. The predicted molar refractivity (Wildman–Crippen MR) is 118 cm³/mol. The third-order valence-corrected chi connectivity index (χ3v) is 5.04. The molecule has 0 unspecified atom stereocenters. The van der Waals surface area contributed by atoms with E-state index in [-0.39, 0.29) is 5.91 Å². The zero-order chi connectivity index (χ0) is 20.6. The standard InChI is InChI=1S/C25H26N2O3/c28-25(22-9-5-11-24(17-22)30-19-20-6-2-1-3-7-20)26-23-10-4-8-21(16-23)18-27-12-14-29-15-13-27/h1-11,16-17H,12-15,18-19H2,(H,26,28). The van der Waals surface area contributed by atoms with Gasteiger partial charge in [0, 0.05) is 30.9 Å². The predicted octanol–water partition coefficient (Wildman–Crippen LogP) is 4.35. The topological polar surface area (TPSA) is 50.8 Å². The van der Waals surface area contributed by atoms with Crippen molar-refractivity contribution in [1.82, 2.24) is 4.90 Å². The summed E-state index contributed by atoms with van der Waals surface area (Å²) in [4.78, 5) is 15.1. The molecule has 154 valence electrons. The second-order valence-corrected chi connectivity index (χ2v) is 7.35. The average Bonchev–Trinajstić information content (AvgIpc) is 2.79. The molecular formula is C25H26N2O3. The van der Waals surface area contributed by atoms with E-state index >= 15 is 0 Å². The molecule has 0 radical (unpaired) electrons. The van der Waals surface area contributed by atoms with Crippen molar-refractivity contribution in [3.05, 3.63) is 95.6 Å². The molecule has 1 N–H and O–H groups in total. The van der Waals surface area contributed by atoms with Gasteiger partial charge in [-0.1, -0.05) is 48.5 Å². The molecule has 0 aromatic heterocycles. The molecule has 0 bridgehead atoms. The fraction of sp³-hybridized carbons (Fsp3) is 0.240. The third kappa shape index (κ3) is 5.69. The van der Waals surface area contributed by atoms with E-state index in [0.717, 1.165) is 44.1 Å². The Bertz CT molecular complexity index is 969. The molecule has 5 heteroatoms. The summed E-state index contributed by atoms with van der Waals surface area (Å²) in [6, 6.07) is 25.2. The third-order valence-electron chi connectivity index (χ3n) is 5.04. The molecule has 1 aliphatic rings. The first kappa shape index (κ1) is 20.1. The van der Waals surface area contributed by atoms with Gasteiger partial charge < -0.3 is 14.8 Å². The van der Waals surface area contributed by atoms with Crippen LogP contribution in [0.2, 0.25) is 0 Å². The van der Waals surface area contributed by atoms with Crippen LogP contribution in [0, 0.1) is 0 Å². The number of hydrogen-bond donors (Lipinski definition) is 1. The van der Waals surface area contributed by atoms with Gasteiger partial charge in [0.15, 0.2) is 0 Å². The minimum Gasteiger partial charge on any atom is -0.489 e. The van der Waals surface area contributed by atoms with E-state index in [1.54, 1.807) is 12.1 Å². The maximum atomic E-state index is 12.7. The Kier molecular flexibility index (Phi) is 6.75. The molecule has 1 amide bonds. The molecule has 1 fully saturated rings. The van der Waals surface area contributed by atoms with Crippen LogP contribution in [0.5, 0.6) is 5.75 Å². The van der Waals surface area contributed by atoms with E-state index < -0.39 is 0 Å². The van der Waals surface area contributed by atoms with E-state index in [1.807, 2.05) is 60.7 Å². The van der Waals surface area contributed by atoms with Gasteiger partial charge in [-0.25, -0.2) is 0 Å². The lowest BCUT2D eigenvalue weighted by Crippen LogP contribution is -2.35. The van der Waals surface area contributed by atoms with Crippen LogP contribution in [-0.2, 0) is 17.9 Å². The van der Waals surface area contributed by atoms with E-state index in [4.69, 9.17) is 9.47 Å². The molecule has 0 atom stereocenters. The zero-order valence-corrected chi connectivity index (χ0v) is 16.9. The molecule has 5 nitrogen and oxygen atoms in total. The molecule has 3 aromatic carbocycles. The number of anilines is 1. The van der Waals surface area contributed by atoms with Crippen LogP contribution < -0.4 is 10.1 Å². The molecule has 0 saturated carbocycles. The summed E-state index contributed by atoms with van der Waals surface area (Å²) < 4.78 is 11.2. The second-order valence-electron chi connectivity index (χ2n) is 7.35. The maximum absolute atomic E-state index is 12.7. The van der Waals surface area contributed by atoms with Gasteiger partial charge >= 0.3 is 0 Å². The highest BCUT2D eigenvalue weighted by molar-refractivity contribution is 6.04. The molecule has 4 rings (SSSR count). The van der Waals surface area contributed by atoms with Crippen LogP contribution in [0.1, 0.15) is 21.5 Å². The smallest absolute Gasteiger partial charge is 0.255 e. The van der Waals surface area contributed by atoms with Crippen molar-refractivity contribution in [2.75, 3.05) is 31.6 Å². The molecule has 1 aliphatic heterocycles. The normalized spacial score (nSPS) is 14.3. The number of benzene rings is 3. The van der Waals surface area contributed by atoms with E-state index in [0.29, 0.717) is 17.9 Å². The Balaban J connectivity index is 1.37. The number of morpholine rings is 1. The van der Waals surface area contributed by atoms with Gasteiger partial charge in [-0.2, -0.15) is 0 Å². The average molecular weight is 402 g/mol. The number of amides is 1. The number of carbonyl (C=O) groups excluding carboxylic acids is 1. The Morgan fingerprint density at radius 3 is 2.50 bits per heavy atom. The highest BCUT2D eigenvalue weighted by Gasteiger charge is 2.12. The highest BCUT2D eigenvalue weighted by Crippen LogP contribution is 2.18. The van der Waals surface area contributed by atoms with Crippen LogP contribution in [0.15, 0.2) is 78.9 Å². The van der Waals surface area contributed by atoms with Crippen molar-refractivity contribution in [3.8, 4) is 5.75 Å². The minimum atomic E-state index is -0.149. The summed E-state index contributed by atoms with van der Waals surface area (Å²) in [6.45, 7) is 4.75. The van der Waals surface area contributed by atoms with Crippen LogP contribution in [0.3, 0.4) is 0 Å². The number of nitrogens with one attached hydrogen (secondary N) is 1. The van der Waals surface area contributed by atoms with Crippen molar-refractivity contribution in [3.63, 3.8) is 0 Å². The maximum Gasteiger partial charge on any atom is 0.255 e. The van der Waals surface area contributed by atoms with Crippen molar-refractivity contribution in [1.29, 1.82) is 0 Å². The van der Waals surface area contributed by atoms with Gasteiger partial charge in [0.05, 0.1) is 13.2 Å². The van der Waals surface area contributed by atoms with Crippen molar-refractivity contribution in [2.24, 2.45) is 0 Å². The lowest BCUT2D eigenvalue weighted by Gasteiger charge is -2.26. The van der Waals surface area contributed by atoms with E-state index in [1.165, 1.54) is 5.56 Å². The Hall–Kier alpha value is -3.15. The lowest BCUT2D eigenvalue weighted by atomic mass is 10.1. The second kappa shape index (κ2) is 10.1. The summed E-state index contributed by atoms with van der Waals surface area (Å²) in [7, 11) is 0. The van der Waals surface area contributed by atoms with Crippen molar-refractivity contribution >= 4 is 11.6 Å². The van der Waals surface area contributed by atoms with Gasteiger partial charge in [0.2, 0.25) is 0 Å². The lowest BCUT2D eigenvalue weighted by molar-refractivity contribution is 0.0342. The van der Waals surface area contributed by atoms with Gasteiger partial charge in [0.25, 0.3) is 5.91 Å². The monoisotopic (exact) mass is 402 g/mol. The van der Waals surface area contributed by atoms with E-state index in [9.17, 15) is 4.79 Å². The number of nitrogens with zero attached hydrogens (tertiary/aromatic N) is 1. The minimum absolute atomic E-state index is 0.149. The number of carbonyl (C=O) groups is 1. The molecule has 3 aromatic rings. The quantitative estimate of drug-likeness (QED) is 0.638. The number of hydrogen-bond acceptors (Lipinski definition) is 4. The highest BCUT2D eigenvalue weighted by atomic mass is 16.5. The molecule has 30 heavy (non-hydrogen) atoms. The number of rotatable bonds is 7.